The molecule has 56 valence electrons. The van der Waals surface area contributed by atoms with Gasteiger partial charge in [0.25, 0.3) is 0 Å². The third-order valence-electron chi connectivity index (χ3n) is 1.80. The number of ketones is 1. The van der Waals surface area contributed by atoms with Crippen LogP contribution in [0.2, 0.25) is 0 Å². The summed E-state index contributed by atoms with van der Waals surface area (Å²) in [5.41, 5.74) is 0.721. The van der Waals surface area contributed by atoms with Gasteiger partial charge in [-0.15, -0.1) is 0 Å². The Hall–Kier alpha value is -1.31. The average molecular weight is 148 g/mol. The second kappa shape index (κ2) is 2.38. The van der Waals surface area contributed by atoms with Crippen molar-refractivity contribution in [3.05, 3.63) is 29.7 Å². The second-order valence-electron chi connectivity index (χ2n) is 2.56. The van der Waals surface area contributed by atoms with Crippen molar-refractivity contribution >= 4 is 11.9 Å². The molecule has 0 saturated carbocycles. The van der Waals surface area contributed by atoms with Crippen LogP contribution in [-0.2, 0) is 0 Å². The minimum atomic E-state index is 0.179. The minimum absolute atomic E-state index is 0.179. The summed E-state index contributed by atoms with van der Waals surface area (Å²) >= 11 is 0. The number of carbonyl (C=O) groups excluding carboxylic acids is 1. The predicted octanol–water partition coefficient (Wildman–Crippen LogP) is 2.27. The second-order valence-corrected chi connectivity index (χ2v) is 2.56. The lowest BCUT2D eigenvalue weighted by atomic mass is 10.1. The Labute approximate surface area is 64.5 Å². The summed E-state index contributed by atoms with van der Waals surface area (Å²) in [6.45, 7) is 0. The molecule has 1 aliphatic rings. The van der Waals surface area contributed by atoms with Gasteiger partial charge in [0.05, 0.1) is 11.8 Å². The molecule has 0 amide bonds. The Morgan fingerprint density at radius 3 is 3.27 bits per heavy atom. The monoisotopic (exact) mass is 148 g/mol. The van der Waals surface area contributed by atoms with Crippen molar-refractivity contribution in [3.63, 3.8) is 0 Å². The average Bonchev–Trinajstić information content (AvgIpc) is 2.40. The van der Waals surface area contributed by atoms with Gasteiger partial charge in [0.1, 0.15) is 5.76 Å². The van der Waals surface area contributed by atoms with E-state index in [1.54, 1.807) is 12.3 Å². The van der Waals surface area contributed by atoms with Crippen LogP contribution in [0.1, 0.15) is 29.0 Å². The largest absolute Gasteiger partial charge is 0.464 e. The maximum Gasteiger partial charge on any atom is 0.167 e. The maximum atomic E-state index is 11.3. The Kier molecular flexibility index (Phi) is 1.39. The fraction of sp³-hybridized carbons (Fsp3) is 0.222. The van der Waals surface area contributed by atoms with Gasteiger partial charge in [-0.1, -0.05) is 6.08 Å². The van der Waals surface area contributed by atoms with E-state index >= 15 is 0 Å². The van der Waals surface area contributed by atoms with Crippen LogP contribution >= 0.6 is 0 Å². The predicted molar refractivity (Wildman–Crippen MR) is 41.3 cm³/mol. The molecular formula is C9H8O2. The van der Waals surface area contributed by atoms with Crippen molar-refractivity contribution in [2.24, 2.45) is 0 Å². The molecule has 11 heavy (non-hydrogen) atoms. The van der Waals surface area contributed by atoms with Crippen LogP contribution in [0.15, 0.2) is 22.8 Å². The van der Waals surface area contributed by atoms with E-state index in [0.29, 0.717) is 12.2 Å². The first-order chi connectivity index (χ1) is 5.38. The molecule has 0 fully saturated rings. The normalized spacial score (nSPS) is 16.2. The van der Waals surface area contributed by atoms with Crippen molar-refractivity contribution in [1.29, 1.82) is 0 Å². The lowest BCUT2D eigenvalue weighted by molar-refractivity contribution is 0.0983. The Morgan fingerprint density at radius 1 is 1.45 bits per heavy atom. The van der Waals surface area contributed by atoms with E-state index < -0.39 is 0 Å². The molecule has 1 aromatic heterocycles. The van der Waals surface area contributed by atoms with Crippen molar-refractivity contribution in [3.8, 4) is 0 Å². The molecular weight excluding hydrogens is 140 g/mol. The molecule has 0 aliphatic heterocycles. The van der Waals surface area contributed by atoms with Gasteiger partial charge >= 0.3 is 0 Å². The van der Waals surface area contributed by atoms with Gasteiger partial charge in [-0.3, -0.25) is 4.79 Å². The number of fused-ring (bicyclic) bond motifs is 1. The van der Waals surface area contributed by atoms with Gasteiger partial charge in [-0.2, -0.15) is 0 Å². The molecule has 2 heteroatoms. The molecule has 0 spiro atoms. The van der Waals surface area contributed by atoms with Crippen LogP contribution < -0.4 is 0 Å². The first-order valence-corrected chi connectivity index (χ1v) is 3.65. The van der Waals surface area contributed by atoms with Crippen LogP contribution in [0.4, 0.5) is 0 Å². The van der Waals surface area contributed by atoms with Gasteiger partial charge in [0.15, 0.2) is 5.78 Å². The first kappa shape index (κ1) is 6.40. The van der Waals surface area contributed by atoms with Crippen molar-refractivity contribution in [1.82, 2.24) is 0 Å². The maximum absolute atomic E-state index is 11.3. The van der Waals surface area contributed by atoms with Crippen molar-refractivity contribution in [2.45, 2.75) is 12.8 Å². The van der Waals surface area contributed by atoms with Gasteiger partial charge < -0.3 is 4.42 Å². The molecule has 1 aromatic rings. The van der Waals surface area contributed by atoms with Gasteiger partial charge in [-0.05, 0) is 18.6 Å². The first-order valence-electron chi connectivity index (χ1n) is 3.65. The number of hydrogen-bond acceptors (Lipinski definition) is 2. The van der Waals surface area contributed by atoms with E-state index in [-0.39, 0.29) is 5.78 Å². The lowest BCUT2D eigenvalue weighted by Crippen LogP contribution is -1.95. The quantitative estimate of drug-likeness (QED) is 0.565. The standard InChI is InChI=1S/C9H8O2/c10-8-3-1-2-4-9-7(8)5-6-11-9/h2,4-6H,1,3H2. The van der Waals surface area contributed by atoms with Crippen LogP contribution in [0.25, 0.3) is 6.08 Å². The highest BCUT2D eigenvalue weighted by Gasteiger charge is 2.13. The molecule has 1 aliphatic carbocycles. The van der Waals surface area contributed by atoms with Gasteiger partial charge in [0.2, 0.25) is 0 Å². The summed E-state index contributed by atoms with van der Waals surface area (Å²) in [5, 5.41) is 0. The molecule has 2 rings (SSSR count). The van der Waals surface area contributed by atoms with Crippen molar-refractivity contribution in [2.75, 3.05) is 0 Å². The van der Waals surface area contributed by atoms with Gasteiger partial charge in [-0.25, -0.2) is 0 Å². The summed E-state index contributed by atoms with van der Waals surface area (Å²) in [6.07, 6.45) is 6.80. The highest BCUT2D eigenvalue weighted by molar-refractivity contribution is 5.99. The zero-order valence-corrected chi connectivity index (χ0v) is 6.04. The Balaban J connectivity index is 2.53. The minimum Gasteiger partial charge on any atom is -0.464 e. The SMILES string of the molecule is O=C1CCC=Cc2occc21. The molecule has 0 atom stereocenters. The van der Waals surface area contributed by atoms with E-state index in [1.165, 1.54) is 0 Å². The summed E-state index contributed by atoms with van der Waals surface area (Å²) in [4.78, 5) is 11.3. The third-order valence-corrected chi connectivity index (χ3v) is 1.80. The molecule has 0 saturated heterocycles. The van der Waals surface area contributed by atoms with E-state index in [0.717, 1.165) is 12.0 Å². The van der Waals surface area contributed by atoms with Crippen LogP contribution in [0.5, 0.6) is 0 Å². The van der Waals surface area contributed by atoms with Gasteiger partial charge in [0, 0.05) is 6.42 Å². The number of hydrogen-bond donors (Lipinski definition) is 0. The van der Waals surface area contributed by atoms with E-state index in [9.17, 15) is 4.79 Å². The van der Waals surface area contributed by atoms with E-state index in [2.05, 4.69) is 0 Å². The van der Waals surface area contributed by atoms with Crippen molar-refractivity contribution < 1.29 is 9.21 Å². The lowest BCUT2D eigenvalue weighted by Gasteiger charge is -1.90. The molecule has 0 unspecified atom stereocenters. The molecule has 1 heterocycles. The summed E-state index contributed by atoms with van der Waals surface area (Å²) in [7, 11) is 0. The molecule has 0 radical (unpaired) electrons. The number of carbonyl (C=O) groups is 1. The molecule has 0 bridgehead atoms. The number of allylic oxidation sites excluding steroid dienone is 1. The van der Waals surface area contributed by atoms with Crippen LogP contribution in [-0.4, -0.2) is 5.78 Å². The number of Topliss-reactive ketones (excluding diaryl/α,β-unsaturated/α-hetero) is 1. The summed E-state index contributed by atoms with van der Waals surface area (Å²) in [5.74, 6) is 0.881. The molecule has 2 nitrogen and oxygen atoms in total. The van der Waals surface area contributed by atoms with Crippen LogP contribution in [0, 0.1) is 0 Å². The van der Waals surface area contributed by atoms with Crippen LogP contribution in [0.3, 0.4) is 0 Å². The number of furan rings is 1. The summed E-state index contributed by atoms with van der Waals surface area (Å²) < 4.78 is 5.10. The fourth-order valence-electron chi connectivity index (χ4n) is 1.22. The fourth-order valence-corrected chi connectivity index (χ4v) is 1.22. The molecule has 0 N–H and O–H groups in total. The van der Waals surface area contributed by atoms with E-state index in [4.69, 9.17) is 4.42 Å². The molecule has 0 aromatic carbocycles. The Morgan fingerprint density at radius 2 is 2.36 bits per heavy atom. The Bertz CT molecular complexity index is 307. The topological polar surface area (TPSA) is 30.2 Å². The number of rotatable bonds is 0. The zero-order valence-electron chi connectivity index (χ0n) is 6.04. The third kappa shape index (κ3) is 1.00. The van der Waals surface area contributed by atoms with E-state index in [1.807, 2.05) is 12.2 Å². The zero-order chi connectivity index (χ0) is 7.68. The smallest absolute Gasteiger partial charge is 0.167 e. The summed E-state index contributed by atoms with van der Waals surface area (Å²) in [6, 6.07) is 1.73. The highest BCUT2D eigenvalue weighted by Crippen LogP contribution is 2.19. The highest BCUT2D eigenvalue weighted by atomic mass is 16.3.